The van der Waals surface area contributed by atoms with Crippen molar-refractivity contribution in [2.24, 2.45) is 0 Å². The van der Waals surface area contributed by atoms with E-state index in [4.69, 9.17) is 10.5 Å². The number of nitrogens with one attached hydrogen (secondary N) is 1. The lowest BCUT2D eigenvalue weighted by Crippen LogP contribution is -2.31. The first-order valence-corrected chi connectivity index (χ1v) is 5.71. The number of nitrogen functional groups attached to an aromatic ring is 1. The van der Waals surface area contributed by atoms with Crippen molar-refractivity contribution in [2.45, 2.75) is 6.54 Å². The molecule has 7 nitrogen and oxygen atoms in total. The number of hydrogen-bond donors (Lipinski definition) is 2. The Labute approximate surface area is 110 Å². The third-order valence-electron chi connectivity index (χ3n) is 2.50. The fraction of sp³-hybridized carbons (Fsp3) is 0.250. The lowest BCUT2D eigenvalue weighted by Gasteiger charge is -2.15. The summed E-state index contributed by atoms with van der Waals surface area (Å²) in [4.78, 5) is 17.3. The van der Waals surface area contributed by atoms with E-state index in [-0.39, 0.29) is 12.5 Å². The molecule has 0 aliphatic rings. The van der Waals surface area contributed by atoms with Crippen LogP contribution >= 0.6 is 0 Å². The highest BCUT2D eigenvalue weighted by Gasteiger charge is 2.11. The predicted octanol–water partition coefficient (Wildman–Crippen LogP) is 0.424. The highest BCUT2D eigenvalue weighted by atomic mass is 16.5. The normalized spacial score (nSPS) is 10.2. The molecule has 3 N–H and O–H groups in total. The molecule has 0 aliphatic carbocycles. The Bertz CT molecular complexity index is 541. The minimum atomic E-state index is -0.154. The van der Waals surface area contributed by atoms with Crippen LogP contribution in [0, 0.1) is 0 Å². The number of likely N-dealkylation sites (N-methyl/N-ethyl adjacent to an activating group) is 1. The molecule has 1 heterocycles. The van der Waals surface area contributed by atoms with E-state index in [2.05, 4.69) is 15.2 Å². The maximum atomic E-state index is 11.8. The van der Waals surface area contributed by atoms with Gasteiger partial charge in [-0.2, -0.15) is 5.10 Å². The van der Waals surface area contributed by atoms with Gasteiger partial charge < -0.3 is 15.4 Å². The van der Waals surface area contributed by atoms with Crippen LogP contribution in [-0.2, 0) is 11.3 Å². The van der Waals surface area contributed by atoms with E-state index in [1.165, 1.54) is 11.2 Å². The number of nitrogens with two attached hydrogens (primary N) is 1. The standard InChI is InChI=1S/C12H15N5O2/c1-17(6-11-14-8-15-16-11)12(18)7-19-10-4-2-3-9(13)5-10/h2-5,8H,6-7,13H2,1H3,(H,14,15,16). The second-order valence-corrected chi connectivity index (χ2v) is 4.04. The van der Waals surface area contributed by atoms with Crippen molar-refractivity contribution in [3.63, 3.8) is 0 Å². The molecule has 0 atom stereocenters. The number of carbonyl (C=O) groups excluding carboxylic acids is 1. The van der Waals surface area contributed by atoms with Crippen LogP contribution in [0.25, 0.3) is 0 Å². The number of H-pyrrole nitrogens is 1. The summed E-state index contributed by atoms with van der Waals surface area (Å²) in [5.41, 5.74) is 6.22. The second-order valence-electron chi connectivity index (χ2n) is 4.04. The maximum Gasteiger partial charge on any atom is 0.260 e. The highest BCUT2D eigenvalue weighted by molar-refractivity contribution is 5.77. The zero-order chi connectivity index (χ0) is 13.7. The van der Waals surface area contributed by atoms with Crippen LogP contribution < -0.4 is 10.5 Å². The zero-order valence-corrected chi connectivity index (χ0v) is 10.5. The van der Waals surface area contributed by atoms with Gasteiger partial charge in [-0.05, 0) is 12.1 Å². The molecule has 0 spiro atoms. The lowest BCUT2D eigenvalue weighted by atomic mass is 10.3. The number of rotatable bonds is 5. The van der Waals surface area contributed by atoms with Crippen LogP contribution in [0.15, 0.2) is 30.6 Å². The molecule has 0 radical (unpaired) electrons. The molecule has 0 unspecified atom stereocenters. The van der Waals surface area contributed by atoms with E-state index in [1.807, 2.05) is 0 Å². The fourth-order valence-electron chi connectivity index (χ4n) is 1.48. The molecule has 0 bridgehead atoms. The predicted molar refractivity (Wildman–Crippen MR) is 69.2 cm³/mol. The summed E-state index contributed by atoms with van der Waals surface area (Å²) in [6, 6.07) is 6.95. The topological polar surface area (TPSA) is 97.1 Å². The van der Waals surface area contributed by atoms with E-state index in [1.54, 1.807) is 31.3 Å². The van der Waals surface area contributed by atoms with Crippen molar-refractivity contribution in [1.82, 2.24) is 20.1 Å². The number of anilines is 1. The minimum absolute atomic E-state index is 0.0475. The Kier molecular flexibility index (Phi) is 3.97. The number of carbonyl (C=O) groups is 1. The number of amides is 1. The van der Waals surface area contributed by atoms with Crippen molar-refractivity contribution >= 4 is 11.6 Å². The number of aromatic amines is 1. The fourth-order valence-corrected chi connectivity index (χ4v) is 1.48. The summed E-state index contributed by atoms with van der Waals surface area (Å²) in [6.45, 7) is 0.313. The van der Waals surface area contributed by atoms with E-state index >= 15 is 0 Å². The molecule has 0 saturated carbocycles. The third-order valence-corrected chi connectivity index (χ3v) is 2.50. The molecule has 2 rings (SSSR count). The quantitative estimate of drug-likeness (QED) is 0.760. The van der Waals surface area contributed by atoms with Crippen LogP contribution in [-0.4, -0.2) is 39.6 Å². The van der Waals surface area contributed by atoms with Gasteiger partial charge in [0.05, 0.1) is 6.54 Å². The molecular formula is C12H15N5O2. The first-order chi connectivity index (χ1) is 9.15. The van der Waals surface area contributed by atoms with Crippen LogP contribution in [0.5, 0.6) is 5.75 Å². The molecule has 100 valence electrons. The van der Waals surface area contributed by atoms with Gasteiger partial charge in [-0.25, -0.2) is 4.98 Å². The van der Waals surface area contributed by atoms with Gasteiger partial charge in [0.1, 0.15) is 17.9 Å². The zero-order valence-electron chi connectivity index (χ0n) is 10.5. The van der Waals surface area contributed by atoms with Gasteiger partial charge in [-0.15, -0.1) is 0 Å². The summed E-state index contributed by atoms with van der Waals surface area (Å²) in [5, 5.41) is 6.41. The Morgan fingerprint density at radius 3 is 3.05 bits per heavy atom. The smallest absolute Gasteiger partial charge is 0.260 e. The van der Waals surface area contributed by atoms with Crippen LogP contribution in [0.1, 0.15) is 5.82 Å². The summed E-state index contributed by atoms with van der Waals surface area (Å²) in [7, 11) is 1.67. The van der Waals surface area contributed by atoms with Gasteiger partial charge in [0, 0.05) is 18.8 Å². The molecule has 0 saturated heterocycles. The average Bonchev–Trinajstić information content (AvgIpc) is 2.89. The van der Waals surface area contributed by atoms with Gasteiger partial charge in [-0.1, -0.05) is 6.07 Å². The van der Waals surface area contributed by atoms with Crippen molar-refractivity contribution in [2.75, 3.05) is 19.4 Å². The SMILES string of the molecule is CN(Cc1ncn[nH]1)C(=O)COc1cccc(N)c1. The van der Waals surface area contributed by atoms with Gasteiger partial charge in [0.2, 0.25) is 0 Å². The Morgan fingerprint density at radius 2 is 2.37 bits per heavy atom. The Morgan fingerprint density at radius 1 is 1.53 bits per heavy atom. The second kappa shape index (κ2) is 5.85. The molecule has 19 heavy (non-hydrogen) atoms. The van der Waals surface area contributed by atoms with Crippen molar-refractivity contribution in [3.05, 3.63) is 36.4 Å². The van der Waals surface area contributed by atoms with Crippen LogP contribution in [0.2, 0.25) is 0 Å². The first kappa shape index (κ1) is 12.9. The van der Waals surface area contributed by atoms with Gasteiger partial charge in [-0.3, -0.25) is 9.89 Å². The summed E-state index contributed by atoms with van der Waals surface area (Å²) < 4.78 is 5.37. The molecule has 0 fully saturated rings. The average molecular weight is 261 g/mol. The number of nitrogens with zero attached hydrogens (tertiary/aromatic N) is 3. The maximum absolute atomic E-state index is 11.8. The van der Waals surface area contributed by atoms with E-state index in [0.717, 1.165) is 0 Å². The van der Waals surface area contributed by atoms with Gasteiger partial charge in [0.15, 0.2) is 6.61 Å². The molecule has 0 aliphatic heterocycles. The molecule has 1 aromatic carbocycles. The van der Waals surface area contributed by atoms with Crippen molar-refractivity contribution in [1.29, 1.82) is 0 Å². The van der Waals surface area contributed by atoms with E-state index in [9.17, 15) is 4.79 Å². The van der Waals surface area contributed by atoms with Crippen LogP contribution in [0.4, 0.5) is 5.69 Å². The molecule has 1 amide bonds. The highest BCUT2D eigenvalue weighted by Crippen LogP contribution is 2.14. The van der Waals surface area contributed by atoms with E-state index in [0.29, 0.717) is 23.8 Å². The number of ether oxygens (including phenoxy) is 1. The summed E-state index contributed by atoms with van der Waals surface area (Å²) >= 11 is 0. The molecule has 2 aromatic rings. The minimum Gasteiger partial charge on any atom is -0.484 e. The number of benzene rings is 1. The Balaban J connectivity index is 1.84. The van der Waals surface area contributed by atoms with Crippen molar-refractivity contribution in [3.8, 4) is 5.75 Å². The summed E-state index contributed by atoms with van der Waals surface area (Å²) in [5.74, 6) is 1.04. The largest absolute Gasteiger partial charge is 0.484 e. The molecule has 7 heteroatoms. The summed E-state index contributed by atoms with van der Waals surface area (Å²) in [6.07, 6.45) is 1.40. The van der Waals surface area contributed by atoms with E-state index < -0.39 is 0 Å². The van der Waals surface area contributed by atoms with Gasteiger partial charge >= 0.3 is 0 Å². The lowest BCUT2D eigenvalue weighted by molar-refractivity contribution is -0.132. The third kappa shape index (κ3) is 3.70. The van der Waals surface area contributed by atoms with Crippen molar-refractivity contribution < 1.29 is 9.53 Å². The molecular weight excluding hydrogens is 246 g/mol. The van der Waals surface area contributed by atoms with Crippen LogP contribution in [0.3, 0.4) is 0 Å². The Hall–Kier alpha value is -2.57. The number of aromatic nitrogens is 3. The molecule has 1 aromatic heterocycles. The first-order valence-electron chi connectivity index (χ1n) is 5.71. The number of hydrogen-bond acceptors (Lipinski definition) is 5. The monoisotopic (exact) mass is 261 g/mol. The van der Waals surface area contributed by atoms with Gasteiger partial charge in [0.25, 0.3) is 5.91 Å².